The molecule has 0 spiro atoms. The van der Waals surface area contributed by atoms with E-state index in [0.717, 1.165) is 16.7 Å². The number of carbonyl (C=O) groups is 1. The number of ether oxygens (including phenoxy) is 1. The number of esters is 1. The summed E-state index contributed by atoms with van der Waals surface area (Å²) in [6.07, 6.45) is -0.772. The van der Waals surface area contributed by atoms with Crippen LogP contribution in [0.1, 0.15) is 44.7 Å². The summed E-state index contributed by atoms with van der Waals surface area (Å²) in [5.74, 6) is -0.261. The van der Waals surface area contributed by atoms with Crippen molar-refractivity contribution in [2.24, 2.45) is 0 Å². The first kappa shape index (κ1) is 26.9. The van der Waals surface area contributed by atoms with Crippen LogP contribution in [0, 0.1) is 0 Å². The zero-order chi connectivity index (χ0) is 27.6. The van der Waals surface area contributed by atoms with Crippen molar-refractivity contribution in [2.45, 2.75) is 66.2 Å². The Hall–Kier alpha value is -4.16. The molecule has 0 aliphatic rings. The van der Waals surface area contributed by atoms with E-state index in [1.54, 1.807) is 26.1 Å². The first-order valence-electron chi connectivity index (χ1n) is 12.2. The lowest BCUT2D eigenvalue weighted by molar-refractivity contribution is -0.146. The van der Waals surface area contributed by atoms with E-state index in [1.807, 2.05) is 6.92 Å². The zero-order valence-corrected chi connectivity index (χ0v) is 21.2. The highest BCUT2D eigenvalue weighted by atomic mass is 19.4. The van der Waals surface area contributed by atoms with Crippen molar-refractivity contribution in [3.63, 3.8) is 0 Å². The van der Waals surface area contributed by atoms with E-state index in [2.05, 4.69) is 10.1 Å². The maximum Gasteiger partial charge on any atom is 0.416 e. The van der Waals surface area contributed by atoms with Crippen LogP contribution < -0.4 is 11.2 Å². The average molecular weight is 533 g/mol. The fraction of sp³-hybridized carbons (Fsp3) is 0.400. The summed E-state index contributed by atoms with van der Waals surface area (Å²) in [5.41, 5.74) is -0.747. The second-order valence-electron chi connectivity index (χ2n) is 8.64. The van der Waals surface area contributed by atoms with Crippen molar-refractivity contribution >= 4 is 17.1 Å². The number of alkyl halides is 3. The van der Waals surface area contributed by atoms with Gasteiger partial charge >= 0.3 is 17.8 Å². The third-order valence-corrected chi connectivity index (χ3v) is 6.01. The van der Waals surface area contributed by atoms with Gasteiger partial charge in [-0.2, -0.15) is 18.3 Å². The van der Waals surface area contributed by atoms with E-state index in [1.165, 1.54) is 26.1 Å². The molecule has 3 aromatic heterocycles. The number of halogens is 3. The molecule has 0 saturated heterocycles. The highest BCUT2D eigenvalue weighted by molar-refractivity contribution is 5.77. The normalized spacial score (nSPS) is 11.8. The number of benzene rings is 1. The number of imidazole rings is 1. The van der Waals surface area contributed by atoms with Gasteiger partial charge in [-0.15, -0.1) is 0 Å². The fourth-order valence-corrected chi connectivity index (χ4v) is 4.18. The first-order chi connectivity index (χ1) is 18.1. The van der Waals surface area contributed by atoms with Gasteiger partial charge in [-0.3, -0.25) is 28.0 Å². The van der Waals surface area contributed by atoms with Gasteiger partial charge in [0.15, 0.2) is 17.9 Å². The molecule has 13 heteroatoms. The molecule has 0 amide bonds. The van der Waals surface area contributed by atoms with E-state index >= 15 is 0 Å². The molecule has 10 nitrogen and oxygen atoms in total. The number of rotatable bonds is 9. The van der Waals surface area contributed by atoms with E-state index in [-0.39, 0.29) is 49.8 Å². The SMILES string of the molecule is CCCn1c(=O)c2c(nc(-c3cnn(Cc4cccc(C(F)(F)F)c4)c3)n2COC(=O)CC)n(CC)c1=O. The Balaban J connectivity index is 1.83. The van der Waals surface area contributed by atoms with Crippen LogP contribution in [0.3, 0.4) is 0 Å². The highest BCUT2D eigenvalue weighted by Crippen LogP contribution is 2.30. The molecular formula is C25H27F3N6O4. The molecule has 4 aromatic rings. The predicted octanol–water partition coefficient (Wildman–Crippen LogP) is 3.63. The molecule has 3 heterocycles. The van der Waals surface area contributed by atoms with Crippen LogP contribution in [0.2, 0.25) is 0 Å². The van der Waals surface area contributed by atoms with Gasteiger partial charge in [0.25, 0.3) is 5.56 Å². The Morgan fingerprint density at radius 2 is 1.84 bits per heavy atom. The lowest BCUT2D eigenvalue weighted by Crippen LogP contribution is -2.40. The van der Waals surface area contributed by atoms with E-state index in [0.29, 0.717) is 17.5 Å². The second-order valence-corrected chi connectivity index (χ2v) is 8.64. The van der Waals surface area contributed by atoms with Crippen molar-refractivity contribution in [2.75, 3.05) is 0 Å². The van der Waals surface area contributed by atoms with Gasteiger partial charge in [0.1, 0.15) is 5.82 Å². The standard InChI is InChI=1S/C25H27F3N6O4/c1-4-10-33-23(36)20-22(32(6-3)24(33)37)30-21(34(20)15-38-19(35)5-2)17-12-29-31(14-17)13-16-8-7-9-18(11-16)25(26,27)28/h7-9,11-12,14H,4-6,10,13,15H2,1-3H3. The zero-order valence-electron chi connectivity index (χ0n) is 21.2. The number of fused-ring (bicyclic) bond motifs is 1. The predicted molar refractivity (Wildman–Crippen MR) is 132 cm³/mol. The summed E-state index contributed by atoms with van der Waals surface area (Å²) in [4.78, 5) is 42.9. The molecule has 0 N–H and O–H groups in total. The molecule has 0 unspecified atom stereocenters. The fourth-order valence-electron chi connectivity index (χ4n) is 4.18. The maximum atomic E-state index is 13.4. The van der Waals surface area contributed by atoms with Crippen LogP contribution in [-0.4, -0.2) is 34.4 Å². The van der Waals surface area contributed by atoms with Crippen LogP contribution in [0.15, 0.2) is 46.2 Å². The van der Waals surface area contributed by atoms with Crippen molar-refractivity contribution in [3.8, 4) is 11.4 Å². The summed E-state index contributed by atoms with van der Waals surface area (Å²) in [7, 11) is 0. The van der Waals surface area contributed by atoms with E-state index in [9.17, 15) is 27.6 Å². The van der Waals surface area contributed by atoms with Crippen molar-refractivity contribution < 1.29 is 22.7 Å². The first-order valence-corrected chi connectivity index (χ1v) is 12.2. The summed E-state index contributed by atoms with van der Waals surface area (Å²) >= 11 is 0. The lowest BCUT2D eigenvalue weighted by atomic mass is 10.1. The molecule has 38 heavy (non-hydrogen) atoms. The monoisotopic (exact) mass is 532 g/mol. The van der Waals surface area contributed by atoms with Gasteiger partial charge in [0.2, 0.25) is 0 Å². The highest BCUT2D eigenvalue weighted by Gasteiger charge is 2.30. The van der Waals surface area contributed by atoms with Crippen LogP contribution >= 0.6 is 0 Å². The second kappa shape index (κ2) is 10.7. The van der Waals surface area contributed by atoms with Crippen LogP contribution in [0.25, 0.3) is 22.6 Å². The maximum absolute atomic E-state index is 13.4. The molecule has 0 saturated carbocycles. The molecule has 0 atom stereocenters. The molecule has 4 rings (SSSR count). The van der Waals surface area contributed by atoms with Crippen LogP contribution in [0.5, 0.6) is 0 Å². The van der Waals surface area contributed by atoms with Crippen molar-refractivity contribution in [1.29, 1.82) is 0 Å². The number of hydrogen-bond acceptors (Lipinski definition) is 6. The van der Waals surface area contributed by atoms with Crippen molar-refractivity contribution in [3.05, 3.63) is 68.6 Å². The Morgan fingerprint density at radius 3 is 2.50 bits per heavy atom. The minimum Gasteiger partial charge on any atom is -0.444 e. The van der Waals surface area contributed by atoms with Gasteiger partial charge in [-0.1, -0.05) is 26.0 Å². The molecule has 1 aromatic carbocycles. The summed E-state index contributed by atoms with van der Waals surface area (Å²) in [6.45, 7) is 5.42. The summed E-state index contributed by atoms with van der Waals surface area (Å²) < 4.78 is 50.0. The Kier molecular flexibility index (Phi) is 7.56. The largest absolute Gasteiger partial charge is 0.444 e. The third-order valence-electron chi connectivity index (χ3n) is 6.01. The molecule has 0 bridgehead atoms. The molecule has 202 valence electrons. The molecule has 0 aliphatic heterocycles. The van der Waals surface area contributed by atoms with Gasteiger partial charge in [-0.25, -0.2) is 9.78 Å². The quantitative estimate of drug-likeness (QED) is 0.305. The number of nitrogens with zero attached hydrogens (tertiary/aromatic N) is 6. The lowest BCUT2D eigenvalue weighted by Gasteiger charge is -2.11. The average Bonchev–Trinajstić information content (AvgIpc) is 3.49. The van der Waals surface area contributed by atoms with E-state index < -0.39 is 29.0 Å². The third kappa shape index (κ3) is 5.13. The Morgan fingerprint density at radius 1 is 1.08 bits per heavy atom. The topological polar surface area (TPSA) is 106 Å². The molecule has 0 fully saturated rings. The molecule has 0 aliphatic carbocycles. The Labute approximate surface area is 214 Å². The van der Waals surface area contributed by atoms with Crippen LogP contribution in [0.4, 0.5) is 13.2 Å². The number of hydrogen-bond donors (Lipinski definition) is 0. The number of aromatic nitrogens is 6. The van der Waals surface area contributed by atoms with Gasteiger partial charge < -0.3 is 4.74 Å². The van der Waals surface area contributed by atoms with Gasteiger partial charge in [0, 0.05) is 25.7 Å². The van der Waals surface area contributed by atoms with E-state index in [4.69, 9.17) is 4.74 Å². The van der Waals surface area contributed by atoms with Crippen molar-refractivity contribution in [1.82, 2.24) is 28.5 Å². The van der Waals surface area contributed by atoms with Crippen LogP contribution in [-0.2, 0) is 42.1 Å². The van der Waals surface area contributed by atoms with Gasteiger partial charge in [0.05, 0.1) is 23.9 Å². The molecule has 0 radical (unpaired) electrons. The Bertz CT molecular complexity index is 1600. The summed E-state index contributed by atoms with van der Waals surface area (Å²) in [5, 5.41) is 4.25. The number of carbonyl (C=O) groups excluding carboxylic acids is 1. The number of aryl methyl sites for hydroxylation is 1. The smallest absolute Gasteiger partial charge is 0.416 e. The molecular weight excluding hydrogens is 505 g/mol. The minimum atomic E-state index is -4.47. The van der Waals surface area contributed by atoms with Gasteiger partial charge in [-0.05, 0) is 31.0 Å². The minimum absolute atomic E-state index is 0.0535. The summed E-state index contributed by atoms with van der Waals surface area (Å²) in [6, 6.07) is 4.94.